The van der Waals surface area contributed by atoms with Crippen LogP contribution < -0.4 is 10.1 Å². The van der Waals surface area contributed by atoms with Crippen LogP contribution in [0.4, 0.5) is 0 Å². The van der Waals surface area contributed by atoms with Gasteiger partial charge in [-0.1, -0.05) is 24.3 Å². The van der Waals surface area contributed by atoms with Gasteiger partial charge in [0.2, 0.25) is 0 Å². The summed E-state index contributed by atoms with van der Waals surface area (Å²) in [6.45, 7) is 0. The number of phenolic OH excluding ortho intramolecular Hbond substituents is 1. The Morgan fingerprint density at radius 3 is 2.21 bits per heavy atom. The first kappa shape index (κ1) is 13.4. The maximum atomic E-state index is 9.29. The minimum Gasteiger partial charge on any atom is -0.508 e. The zero-order chi connectivity index (χ0) is 13.7. The number of phenols is 1. The van der Waals surface area contributed by atoms with Crippen LogP contribution in [0.3, 0.4) is 0 Å². The highest BCUT2D eigenvalue weighted by molar-refractivity contribution is 5.31. The minimum atomic E-state index is 0.246. The van der Waals surface area contributed by atoms with Crippen molar-refractivity contribution in [2.45, 2.75) is 12.5 Å². The first-order chi connectivity index (χ1) is 9.22. The highest BCUT2D eigenvalue weighted by Crippen LogP contribution is 2.22. The van der Waals surface area contributed by atoms with E-state index in [-0.39, 0.29) is 6.04 Å². The fourth-order valence-electron chi connectivity index (χ4n) is 2.09. The van der Waals surface area contributed by atoms with E-state index < -0.39 is 0 Å². The molecule has 0 heterocycles. The highest BCUT2D eigenvalue weighted by atomic mass is 16.5. The Hall–Kier alpha value is -2.00. The summed E-state index contributed by atoms with van der Waals surface area (Å²) in [6.07, 6.45) is 0.878. The molecule has 0 fully saturated rings. The van der Waals surface area contributed by atoms with Crippen LogP contribution >= 0.6 is 0 Å². The summed E-state index contributed by atoms with van der Waals surface area (Å²) in [5.74, 6) is 1.16. The third-order valence-corrected chi connectivity index (χ3v) is 3.24. The van der Waals surface area contributed by atoms with Crippen LogP contribution in [0, 0.1) is 0 Å². The fourth-order valence-corrected chi connectivity index (χ4v) is 2.09. The first-order valence-electron chi connectivity index (χ1n) is 6.32. The van der Waals surface area contributed by atoms with Crippen molar-refractivity contribution in [1.29, 1.82) is 0 Å². The lowest BCUT2D eigenvalue weighted by Gasteiger charge is -2.17. The van der Waals surface area contributed by atoms with E-state index in [0.717, 1.165) is 12.2 Å². The number of hydrogen-bond donors (Lipinski definition) is 2. The van der Waals surface area contributed by atoms with E-state index in [1.165, 1.54) is 11.1 Å². The van der Waals surface area contributed by atoms with Crippen molar-refractivity contribution in [2.75, 3.05) is 14.2 Å². The zero-order valence-electron chi connectivity index (χ0n) is 11.3. The van der Waals surface area contributed by atoms with Crippen molar-refractivity contribution >= 4 is 0 Å². The number of benzene rings is 2. The quantitative estimate of drug-likeness (QED) is 0.865. The van der Waals surface area contributed by atoms with Crippen molar-refractivity contribution in [2.24, 2.45) is 0 Å². The molecule has 2 aromatic rings. The molecule has 1 atom stereocenters. The molecule has 0 aliphatic heterocycles. The van der Waals surface area contributed by atoms with E-state index in [2.05, 4.69) is 17.4 Å². The van der Waals surface area contributed by atoms with Crippen molar-refractivity contribution < 1.29 is 9.84 Å². The maximum absolute atomic E-state index is 9.29. The normalized spacial score (nSPS) is 12.1. The Kier molecular flexibility index (Phi) is 4.42. The van der Waals surface area contributed by atoms with Gasteiger partial charge in [0.1, 0.15) is 11.5 Å². The van der Waals surface area contributed by atoms with Crippen molar-refractivity contribution in [3.63, 3.8) is 0 Å². The molecule has 0 aliphatic rings. The van der Waals surface area contributed by atoms with Gasteiger partial charge in [-0.05, 0) is 48.9 Å². The van der Waals surface area contributed by atoms with E-state index in [4.69, 9.17) is 4.74 Å². The molecule has 100 valence electrons. The average molecular weight is 257 g/mol. The molecule has 0 saturated heterocycles. The molecule has 2 N–H and O–H groups in total. The second-order valence-corrected chi connectivity index (χ2v) is 4.48. The van der Waals surface area contributed by atoms with Crippen LogP contribution in [0.25, 0.3) is 0 Å². The summed E-state index contributed by atoms with van der Waals surface area (Å²) in [5.41, 5.74) is 2.41. The second-order valence-electron chi connectivity index (χ2n) is 4.48. The van der Waals surface area contributed by atoms with Gasteiger partial charge >= 0.3 is 0 Å². The lowest BCUT2D eigenvalue weighted by molar-refractivity contribution is 0.414. The second kappa shape index (κ2) is 6.25. The van der Waals surface area contributed by atoms with E-state index in [1.54, 1.807) is 19.2 Å². The summed E-state index contributed by atoms with van der Waals surface area (Å²) >= 11 is 0. The monoisotopic (exact) mass is 257 g/mol. The predicted molar refractivity (Wildman–Crippen MR) is 76.6 cm³/mol. The molecule has 2 aromatic carbocycles. The maximum Gasteiger partial charge on any atom is 0.118 e. The smallest absolute Gasteiger partial charge is 0.118 e. The molecular formula is C16H19NO2. The molecule has 3 heteroatoms. The van der Waals surface area contributed by atoms with Gasteiger partial charge in [0.15, 0.2) is 0 Å². The van der Waals surface area contributed by atoms with E-state index in [1.807, 2.05) is 31.3 Å². The Bertz CT molecular complexity index is 505. The molecule has 0 amide bonds. The zero-order valence-corrected chi connectivity index (χ0v) is 11.3. The van der Waals surface area contributed by atoms with Gasteiger partial charge in [-0.25, -0.2) is 0 Å². The highest BCUT2D eigenvalue weighted by Gasteiger charge is 2.10. The van der Waals surface area contributed by atoms with Crippen molar-refractivity contribution in [1.82, 2.24) is 5.32 Å². The molecule has 0 aromatic heterocycles. The molecule has 19 heavy (non-hydrogen) atoms. The largest absolute Gasteiger partial charge is 0.508 e. The number of aromatic hydroxyl groups is 1. The summed E-state index contributed by atoms with van der Waals surface area (Å²) in [6, 6.07) is 15.7. The van der Waals surface area contributed by atoms with Crippen LogP contribution in [-0.4, -0.2) is 19.3 Å². The van der Waals surface area contributed by atoms with Crippen molar-refractivity contribution in [3.8, 4) is 11.5 Å². The minimum absolute atomic E-state index is 0.246. The van der Waals surface area contributed by atoms with Gasteiger partial charge in [0, 0.05) is 6.04 Å². The molecule has 1 unspecified atom stereocenters. The van der Waals surface area contributed by atoms with Gasteiger partial charge in [0.25, 0.3) is 0 Å². The van der Waals surface area contributed by atoms with Crippen molar-refractivity contribution in [3.05, 3.63) is 59.7 Å². The number of hydrogen-bond acceptors (Lipinski definition) is 3. The number of nitrogens with one attached hydrogen (secondary N) is 1. The lowest BCUT2D eigenvalue weighted by Crippen LogP contribution is -2.18. The molecule has 0 aliphatic carbocycles. The Balaban J connectivity index is 2.12. The third-order valence-electron chi connectivity index (χ3n) is 3.24. The molecule has 0 saturated carbocycles. The van der Waals surface area contributed by atoms with Crippen LogP contribution in [0.1, 0.15) is 17.2 Å². The van der Waals surface area contributed by atoms with Gasteiger partial charge in [0.05, 0.1) is 7.11 Å². The number of rotatable bonds is 5. The summed E-state index contributed by atoms with van der Waals surface area (Å²) in [5, 5.41) is 12.6. The van der Waals surface area contributed by atoms with Gasteiger partial charge < -0.3 is 15.2 Å². The first-order valence-corrected chi connectivity index (χ1v) is 6.32. The van der Waals surface area contributed by atoms with E-state index in [9.17, 15) is 5.11 Å². The topological polar surface area (TPSA) is 41.5 Å². The molecule has 0 bridgehead atoms. The molecule has 0 spiro atoms. The standard InChI is InChI=1S/C16H19NO2/c1-17-16(11-12-3-7-14(18)8-4-12)13-5-9-15(19-2)10-6-13/h3-10,16-18H,11H2,1-2H3. The van der Waals surface area contributed by atoms with Crippen LogP contribution in [0.5, 0.6) is 11.5 Å². The summed E-state index contributed by atoms with van der Waals surface area (Å²) in [7, 11) is 3.62. The van der Waals surface area contributed by atoms with Crippen LogP contribution in [0.15, 0.2) is 48.5 Å². The average Bonchev–Trinajstić information content (AvgIpc) is 2.47. The number of methoxy groups -OCH3 is 1. The Morgan fingerprint density at radius 1 is 1.05 bits per heavy atom. The SMILES string of the molecule is CNC(Cc1ccc(O)cc1)c1ccc(OC)cc1. The summed E-state index contributed by atoms with van der Waals surface area (Å²) < 4.78 is 5.17. The molecule has 2 rings (SSSR count). The van der Waals surface area contributed by atoms with Gasteiger partial charge in [-0.15, -0.1) is 0 Å². The third kappa shape index (κ3) is 3.48. The van der Waals surface area contributed by atoms with Gasteiger partial charge in [-0.2, -0.15) is 0 Å². The molecule has 3 nitrogen and oxygen atoms in total. The molecule has 0 radical (unpaired) electrons. The summed E-state index contributed by atoms with van der Waals surface area (Å²) in [4.78, 5) is 0. The van der Waals surface area contributed by atoms with Crippen LogP contribution in [-0.2, 0) is 6.42 Å². The number of ether oxygens (including phenoxy) is 1. The Morgan fingerprint density at radius 2 is 1.68 bits per heavy atom. The van der Waals surface area contributed by atoms with Crippen LogP contribution in [0.2, 0.25) is 0 Å². The fraction of sp³-hybridized carbons (Fsp3) is 0.250. The van der Waals surface area contributed by atoms with Gasteiger partial charge in [-0.3, -0.25) is 0 Å². The number of likely N-dealkylation sites (N-methyl/N-ethyl adjacent to an activating group) is 1. The van der Waals surface area contributed by atoms with E-state index in [0.29, 0.717) is 5.75 Å². The predicted octanol–water partition coefficient (Wildman–Crippen LogP) is 2.90. The van der Waals surface area contributed by atoms with E-state index >= 15 is 0 Å². The lowest BCUT2D eigenvalue weighted by atomic mass is 9.99. The Labute approximate surface area is 113 Å². The molecular weight excluding hydrogens is 238 g/mol.